The van der Waals surface area contributed by atoms with E-state index in [0.29, 0.717) is 5.75 Å². The molecule has 1 fully saturated rings. The van der Waals surface area contributed by atoms with Crippen molar-refractivity contribution >= 4 is 31.5 Å². The maximum absolute atomic E-state index is 14.4. The van der Waals surface area contributed by atoms with Crippen LogP contribution in [0.4, 0.5) is 0 Å². The second kappa shape index (κ2) is 18.1. The summed E-state index contributed by atoms with van der Waals surface area (Å²) < 4.78 is 51.0. The molecule has 14 nitrogen and oxygen atoms in total. The quantitative estimate of drug-likeness (QED) is 0.0649. The normalized spacial score (nSPS) is 17.7. The van der Waals surface area contributed by atoms with E-state index >= 15 is 0 Å². The number of nitrogens with one attached hydrogen (secondary N) is 1. The maximum Gasteiger partial charge on any atom is 0.587 e. The van der Waals surface area contributed by atoms with Gasteiger partial charge in [0, 0.05) is 5.75 Å². The molecule has 0 unspecified atom stereocenters. The zero-order chi connectivity index (χ0) is 39.6. The Morgan fingerprint density at radius 3 is 1.68 bits per heavy atom. The number of carbonyl (C=O) groups excluding carboxylic acids is 2. The van der Waals surface area contributed by atoms with Crippen LogP contribution in [0, 0.1) is 0 Å². The molecular weight excluding hydrogens is 774 g/mol. The van der Waals surface area contributed by atoms with Gasteiger partial charge in [-0.05, 0) is 54.1 Å². The Balaban J connectivity index is 1.26. The molecule has 5 aromatic carbocycles. The molecule has 1 aliphatic heterocycles. The van der Waals surface area contributed by atoms with Crippen LogP contribution in [0.5, 0.6) is 11.5 Å². The Bertz CT molecular complexity index is 2400. The third kappa shape index (κ3) is 9.95. The average molecular weight is 808 g/mol. The summed E-state index contributed by atoms with van der Waals surface area (Å²) in [6, 6.07) is 41.7. The summed E-state index contributed by atoms with van der Waals surface area (Å²) in [6.07, 6.45) is -6.10. The number of esters is 2. The molecule has 16 heteroatoms. The number of H-pyrrole nitrogens is 1. The predicted octanol–water partition coefficient (Wildman–Crippen LogP) is 6.86. The highest BCUT2D eigenvalue weighted by Crippen LogP contribution is 2.50. The number of phosphoric acid groups is 1. The minimum atomic E-state index is -4.55. The maximum atomic E-state index is 14.4. The summed E-state index contributed by atoms with van der Waals surface area (Å²) in [5.41, 5.74) is -0.578. The molecule has 4 atom stereocenters. The fourth-order valence-corrected chi connectivity index (χ4v) is 7.74. The molecule has 1 N–H and O–H groups in total. The van der Waals surface area contributed by atoms with Gasteiger partial charge in [-0.3, -0.25) is 14.3 Å². The summed E-state index contributed by atoms with van der Waals surface area (Å²) in [5, 5.41) is 4.25. The molecule has 1 aliphatic rings. The van der Waals surface area contributed by atoms with E-state index in [-0.39, 0.29) is 27.7 Å². The SMILES string of the molecule is O=C(O[C@@H]1[C@H](OC(=O)c2ccccc2)[C@H](COP(=O)(Oc2ccccc2)Oc2ccccc2)O[C@H]1n1nc(SCc2ccccc2)c(=O)[nH]c1=O)c1ccccc1. The fourth-order valence-electron chi connectivity index (χ4n) is 5.69. The lowest BCUT2D eigenvalue weighted by atomic mass is 10.1. The first kappa shape index (κ1) is 39.0. The summed E-state index contributed by atoms with van der Waals surface area (Å²) in [5.74, 6) is -1.03. The van der Waals surface area contributed by atoms with E-state index in [1.54, 1.807) is 97.1 Å². The molecule has 0 radical (unpaired) electrons. The van der Waals surface area contributed by atoms with Gasteiger partial charge in [-0.15, -0.1) is 0 Å². The molecule has 1 saturated heterocycles. The first-order chi connectivity index (χ1) is 27.7. The van der Waals surface area contributed by atoms with Crippen molar-refractivity contribution in [1.82, 2.24) is 14.8 Å². The fraction of sp³-hybridized carbons (Fsp3) is 0.146. The topological polar surface area (TPSA) is 174 Å². The van der Waals surface area contributed by atoms with Crippen molar-refractivity contribution in [2.75, 3.05) is 6.61 Å². The Morgan fingerprint density at radius 2 is 1.16 bits per heavy atom. The molecule has 1 aromatic heterocycles. The molecule has 0 bridgehead atoms. The van der Waals surface area contributed by atoms with E-state index < -0.39 is 62.2 Å². The molecule has 0 saturated carbocycles. The van der Waals surface area contributed by atoms with Crippen LogP contribution in [0.15, 0.2) is 166 Å². The van der Waals surface area contributed by atoms with E-state index in [1.807, 2.05) is 30.3 Å². The van der Waals surface area contributed by atoms with Gasteiger partial charge in [0.2, 0.25) is 0 Å². The van der Waals surface area contributed by atoms with Gasteiger partial charge in [-0.1, -0.05) is 115 Å². The number of aromatic amines is 1. The van der Waals surface area contributed by atoms with Gasteiger partial charge in [-0.25, -0.2) is 18.9 Å². The van der Waals surface area contributed by atoms with Gasteiger partial charge in [0.05, 0.1) is 17.7 Å². The van der Waals surface area contributed by atoms with Crippen LogP contribution < -0.4 is 20.3 Å². The molecule has 7 rings (SSSR count). The van der Waals surface area contributed by atoms with E-state index in [4.69, 9.17) is 27.8 Å². The van der Waals surface area contributed by atoms with E-state index in [0.717, 1.165) is 22.0 Å². The first-order valence-corrected chi connectivity index (χ1v) is 20.0. The van der Waals surface area contributed by atoms with Crippen LogP contribution in [0.25, 0.3) is 0 Å². The number of hydrogen-bond acceptors (Lipinski definition) is 13. The molecular formula is C41H34N3O11PS. The van der Waals surface area contributed by atoms with E-state index in [1.165, 1.54) is 24.3 Å². The molecule has 2 heterocycles. The highest BCUT2D eigenvalue weighted by atomic mass is 32.2. The van der Waals surface area contributed by atoms with Crippen molar-refractivity contribution in [3.8, 4) is 11.5 Å². The lowest BCUT2D eigenvalue weighted by molar-refractivity contribution is -0.0669. The molecule has 6 aromatic rings. The minimum Gasteiger partial charge on any atom is -0.452 e. The van der Waals surface area contributed by atoms with Gasteiger partial charge in [0.25, 0.3) is 5.56 Å². The van der Waals surface area contributed by atoms with E-state index in [9.17, 15) is 23.7 Å². The molecule has 0 aliphatic carbocycles. The number of phosphoric ester groups is 1. The van der Waals surface area contributed by atoms with Crippen LogP contribution in [0.2, 0.25) is 0 Å². The standard InChI is InChI=1S/C41H34N3O11PS/c45-36-37(57-27-28-16-6-1-7-17-28)43-44(41(48)42-36)38-35(53-40(47)30-20-10-3-11-21-30)34(52-39(46)29-18-8-2-9-19-29)33(51-38)26-50-56(49,54-31-22-12-4-13-23-31)55-32-24-14-5-15-25-32/h1-25,33-35,38H,26-27H2,(H,42,45,48)/t33-,34+,35+,38+/m0/s1. The van der Waals surface area contributed by atoms with Crippen molar-refractivity contribution in [3.63, 3.8) is 0 Å². The van der Waals surface area contributed by atoms with Crippen LogP contribution in [0.1, 0.15) is 32.5 Å². The minimum absolute atomic E-state index is 0.0928. The second-order valence-electron chi connectivity index (χ2n) is 12.4. The second-order valence-corrected chi connectivity index (χ2v) is 14.9. The van der Waals surface area contributed by atoms with Gasteiger partial charge in [0.15, 0.2) is 23.5 Å². The van der Waals surface area contributed by atoms with Crippen molar-refractivity contribution in [2.24, 2.45) is 0 Å². The van der Waals surface area contributed by atoms with Crippen LogP contribution in [-0.4, -0.2) is 51.6 Å². The lowest BCUT2D eigenvalue weighted by Crippen LogP contribution is -2.44. The summed E-state index contributed by atoms with van der Waals surface area (Å²) in [7, 11) is -4.55. The molecule has 0 spiro atoms. The Hall–Kier alpha value is -6.25. The Kier molecular flexibility index (Phi) is 12.4. The van der Waals surface area contributed by atoms with Gasteiger partial charge in [-0.2, -0.15) is 9.78 Å². The van der Waals surface area contributed by atoms with Crippen molar-refractivity contribution < 1.29 is 41.9 Å². The molecule has 57 heavy (non-hydrogen) atoms. The average Bonchev–Trinajstić information content (AvgIpc) is 3.56. The van der Waals surface area contributed by atoms with E-state index in [2.05, 4.69) is 10.1 Å². The number of nitrogens with zero attached hydrogens (tertiary/aromatic N) is 2. The summed E-state index contributed by atoms with van der Waals surface area (Å²) in [4.78, 5) is 56.1. The molecule has 290 valence electrons. The first-order valence-electron chi connectivity index (χ1n) is 17.6. The number of ether oxygens (including phenoxy) is 3. The zero-order valence-electron chi connectivity index (χ0n) is 29.9. The highest BCUT2D eigenvalue weighted by molar-refractivity contribution is 7.98. The Labute approximate surface area is 329 Å². The van der Waals surface area contributed by atoms with Crippen LogP contribution in [-0.2, 0) is 29.1 Å². The third-order valence-corrected chi connectivity index (χ3v) is 10.7. The smallest absolute Gasteiger partial charge is 0.452 e. The van der Waals surface area contributed by atoms with Crippen molar-refractivity contribution in [1.29, 1.82) is 0 Å². The van der Waals surface area contributed by atoms with Crippen molar-refractivity contribution in [2.45, 2.75) is 35.3 Å². The zero-order valence-corrected chi connectivity index (χ0v) is 31.6. The van der Waals surface area contributed by atoms with Gasteiger partial charge >= 0.3 is 25.5 Å². The number of hydrogen-bond donors (Lipinski definition) is 1. The largest absolute Gasteiger partial charge is 0.587 e. The number of thioether (sulfide) groups is 1. The number of benzene rings is 5. The third-order valence-electron chi connectivity index (χ3n) is 8.39. The summed E-state index contributed by atoms with van der Waals surface area (Å²) >= 11 is 1.06. The summed E-state index contributed by atoms with van der Waals surface area (Å²) in [6.45, 7) is -0.646. The van der Waals surface area contributed by atoms with Gasteiger partial charge in [0.1, 0.15) is 17.6 Å². The van der Waals surface area contributed by atoms with Crippen LogP contribution >= 0.6 is 19.6 Å². The highest BCUT2D eigenvalue weighted by Gasteiger charge is 2.53. The number of para-hydroxylation sites is 2. The van der Waals surface area contributed by atoms with Crippen molar-refractivity contribution in [3.05, 3.63) is 189 Å². The number of rotatable bonds is 15. The number of aromatic nitrogens is 3. The Morgan fingerprint density at radius 1 is 0.684 bits per heavy atom. The van der Waals surface area contributed by atoms with Gasteiger partial charge < -0.3 is 23.3 Å². The number of carbonyl (C=O) groups is 2. The lowest BCUT2D eigenvalue weighted by Gasteiger charge is -2.25. The predicted molar refractivity (Wildman–Crippen MR) is 208 cm³/mol. The monoisotopic (exact) mass is 807 g/mol. The molecule has 0 amide bonds. The van der Waals surface area contributed by atoms with Crippen LogP contribution in [0.3, 0.4) is 0 Å².